The molecule has 1 aliphatic rings. The number of thiazole rings is 1. The van der Waals surface area contributed by atoms with Crippen molar-refractivity contribution in [3.8, 4) is 0 Å². The standard InChI is InChI=1S/C15H15FN4O5S2/c16-11-1-3-12(4-2-11)27(24,25)19-7-5-10(6-8-19)14(21)18-15-17-9-13(26-15)20(22)23/h1-4,9-10H,5-8H2,(H,17,18,21). The van der Waals surface area contributed by atoms with Gasteiger partial charge in [0.25, 0.3) is 0 Å². The van der Waals surface area contributed by atoms with Gasteiger partial charge in [0, 0.05) is 19.0 Å². The van der Waals surface area contributed by atoms with Crippen LogP contribution in [0.2, 0.25) is 0 Å². The van der Waals surface area contributed by atoms with E-state index in [0.29, 0.717) is 12.8 Å². The van der Waals surface area contributed by atoms with E-state index < -0.39 is 26.7 Å². The lowest BCUT2D eigenvalue weighted by molar-refractivity contribution is -0.380. The largest absolute Gasteiger partial charge is 0.345 e. The first-order chi connectivity index (χ1) is 12.8. The van der Waals surface area contributed by atoms with Crippen LogP contribution in [0.4, 0.5) is 14.5 Å². The van der Waals surface area contributed by atoms with E-state index in [1.807, 2.05) is 0 Å². The van der Waals surface area contributed by atoms with Crippen LogP contribution in [0.5, 0.6) is 0 Å². The van der Waals surface area contributed by atoms with Crippen LogP contribution in [0.15, 0.2) is 35.4 Å². The molecule has 144 valence electrons. The third-order valence-electron chi connectivity index (χ3n) is 4.18. The molecule has 2 heterocycles. The van der Waals surface area contributed by atoms with Crippen LogP contribution >= 0.6 is 11.3 Å². The molecule has 0 aliphatic carbocycles. The van der Waals surface area contributed by atoms with Gasteiger partial charge in [-0.1, -0.05) is 0 Å². The average molecular weight is 414 g/mol. The highest BCUT2D eigenvalue weighted by Gasteiger charge is 2.32. The molecule has 0 atom stereocenters. The molecular weight excluding hydrogens is 399 g/mol. The van der Waals surface area contributed by atoms with Gasteiger partial charge in [0.2, 0.25) is 15.9 Å². The van der Waals surface area contributed by atoms with Crippen LogP contribution in [0.3, 0.4) is 0 Å². The lowest BCUT2D eigenvalue weighted by atomic mass is 9.97. The second kappa shape index (κ2) is 7.66. The number of rotatable bonds is 5. The van der Waals surface area contributed by atoms with Crippen molar-refractivity contribution < 1.29 is 22.5 Å². The second-order valence-electron chi connectivity index (χ2n) is 5.88. The maximum absolute atomic E-state index is 13.0. The van der Waals surface area contributed by atoms with Crippen molar-refractivity contribution in [3.05, 3.63) is 46.4 Å². The Balaban J connectivity index is 1.60. The predicted molar refractivity (Wildman–Crippen MR) is 95.3 cm³/mol. The number of aromatic nitrogens is 1. The number of halogens is 1. The number of nitrogens with zero attached hydrogens (tertiary/aromatic N) is 3. The Morgan fingerprint density at radius 1 is 1.30 bits per heavy atom. The maximum Gasteiger partial charge on any atom is 0.345 e. The van der Waals surface area contributed by atoms with Crippen LogP contribution in [0.1, 0.15) is 12.8 Å². The number of amides is 1. The van der Waals surface area contributed by atoms with Crippen LogP contribution in [0, 0.1) is 21.8 Å². The number of nitro groups is 1. The van der Waals surface area contributed by atoms with E-state index in [0.717, 1.165) is 29.7 Å². The van der Waals surface area contributed by atoms with Gasteiger partial charge < -0.3 is 5.32 Å². The monoisotopic (exact) mass is 414 g/mol. The number of nitrogens with one attached hydrogen (secondary N) is 1. The fourth-order valence-electron chi connectivity index (χ4n) is 2.73. The lowest BCUT2D eigenvalue weighted by Gasteiger charge is -2.30. The van der Waals surface area contributed by atoms with Gasteiger partial charge in [-0.25, -0.2) is 17.8 Å². The molecule has 1 aromatic heterocycles. The minimum Gasteiger partial charge on any atom is -0.302 e. The Morgan fingerprint density at radius 3 is 2.48 bits per heavy atom. The molecule has 0 spiro atoms. The van der Waals surface area contributed by atoms with Crippen molar-refractivity contribution >= 4 is 37.4 Å². The first-order valence-corrected chi connectivity index (χ1v) is 10.2. The topological polar surface area (TPSA) is 123 Å². The highest BCUT2D eigenvalue weighted by Crippen LogP contribution is 2.28. The summed E-state index contributed by atoms with van der Waals surface area (Å²) in [5, 5.41) is 13.1. The zero-order valence-corrected chi connectivity index (χ0v) is 15.5. The summed E-state index contributed by atoms with van der Waals surface area (Å²) in [5.74, 6) is -1.29. The molecule has 1 aromatic carbocycles. The van der Waals surface area contributed by atoms with Gasteiger partial charge in [-0.2, -0.15) is 4.31 Å². The number of hydrogen-bond acceptors (Lipinski definition) is 7. The van der Waals surface area contributed by atoms with Crippen LogP contribution in [-0.4, -0.2) is 41.6 Å². The quantitative estimate of drug-likeness (QED) is 0.591. The fraction of sp³-hybridized carbons (Fsp3) is 0.333. The zero-order valence-electron chi connectivity index (χ0n) is 13.9. The summed E-state index contributed by atoms with van der Waals surface area (Å²) in [4.78, 5) is 26.1. The summed E-state index contributed by atoms with van der Waals surface area (Å²) in [7, 11) is -3.74. The van der Waals surface area contributed by atoms with Crippen LogP contribution in [-0.2, 0) is 14.8 Å². The summed E-state index contributed by atoms with van der Waals surface area (Å²) in [6.07, 6.45) is 1.68. The lowest BCUT2D eigenvalue weighted by Crippen LogP contribution is -2.41. The second-order valence-corrected chi connectivity index (χ2v) is 8.83. The van der Waals surface area contributed by atoms with Crippen molar-refractivity contribution in [1.82, 2.24) is 9.29 Å². The first kappa shape index (κ1) is 19.3. The van der Waals surface area contributed by atoms with Crippen LogP contribution < -0.4 is 5.32 Å². The van der Waals surface area contributed by atoms with E-state index in [2.05, 4.69) is 10.3 Å². The SMILES string of the molecule is O=C(Nc1ncc([N+](=O)[O-])s1)C1CCN(S(=O)(=O)c2ccc(F)cc2)CC1. The number of sulfonamides is 1. The molecule has 1 N–H and O–H groups in total. The zero-order chi connectivity index (χ0) is 19.6. The molecule has 2 aromatic rings. The summed E-state index contributed by atoms with van der Waals surface area (Å²) in [6.45, 7) is 0.297. The molecule has 1 amide bonds. The molecule has 0 radical (unpaired) electrons. The van der Waals surface area contributed by atoms with Gasteiger partial charge in [0.1, 0.15) is 12.0 Å². The summed E-state index contributed by atoms with van der Waals surface area (Å²) in [5.41, 5.74) is 0. The number of piperidine rings is 1. The molecule has 12 heteroatoms. The number of carbonyl (C=O) groups is 1. The fourth-order valence-corrected chi connectivity index (χ4v) is 4.83. The van der Waals surface area contributed by atoms with Crippen molar-refractivity contribution in [3.63, 3.8) is 0 Å². The molecule has 3 rings (SSSR count). The molecule has 0 bridgehead atoms. The summed E-state index contributed by atoms with van der Waals surface area (Å²) < 4.78 is 39.4. The van der Waals surface area contributed by atoms with Crippen molar-refractivity contribution in [1.29, 1.82) is 0 Å². The predicted octanol–water partition coefficient (Wildman–Crippen LogP) is 2.23. The van der Waals surface area contributed by atoms with E-state index >= 15 is 0 Å². The minimum absolute atomic E-state index is 0.00176. The Kier molecular flexibility index (Phi) is 5.48. The molecule has 1 fully saturated rings. The number of carbonyl (C=O) groups excluding carboxylic acids is 1. The molecule has 9 nitrogen and oxygen atoms in total. The maximum atomic E-state index is 13.0. The normalized spacial score (nSPS) is 16.2. The van der Waals surface area contributed by atoms with Crippen molar-refractivity contribution in [2.75, 3.05) is 18.4 Å². The van der Waals surface area contributed by atoms with Gasteiger partial charge in [0.15, 0.2) is 5.13 Å². The molecule has 27 heavy (non-hydrogen) atoms. The number of hydrogen-bond donors (Lipinski definition) is 1. The Labute approximate surface area is 158 Å². The summed E-state index contributed by atoms with van der Waals surface area (Å²) >= 11 is 0.757. The van der Waals surface area contributed by atoms with E-state index in [1.165, 1.54) is 16.4 Å². The van der Waals surface area contributed by atoms with Crippen molar-refractivity contribution in [2.45, 2.75) is 17.7 Å². The third kappa shape index (κ3) is 4.28. The highest BCUT2D eigenvalue weighted by atomic mass is 32.2. The van der Waals surface area contributed by atoms with Gasteiger partial charge in [-0.15, -0.1) is 0 Å². The summed E-state index contributed by atoms with van der Waals surface area (Å²) in [6, 6.07) is 4.58. The van der Waals surface area contributed by atoms with Crippen LogP contribution in [0.25, 0.3) is 0 Å². The van der Waals surface area contributed by atoms with Crippen molar-refractivity contribution in [2.24, 2.45) is 5.92 Å². The smallest absolute Gasteiger partial charge is 0.302 e. The number of anilines is 1. The minimum atomic E-state index is -3.74. The Morgan fingerprint density at radius 2 is 1.93 bits per heavy atom. The average Bonchev–Trinajstić information content (AvgIpc) is 3.11. The van der Waals surface area contributed by atoms with Gasteiger partial charge in [0.05, 0.1) is 9.82 Å². The van der Waals surface area contributed by atoms with E-state index in [9.17, 15) is 27.7 Å². The third-order valence-corrected chi connectivity index (χ3v) is 6.96. The molecule has 0 unspecified atom stereocenters. The number of benzene rings is 1. The highest BCUT2D eigenvalue weighted by molar-refractivity contribution is 7.89. The first-order valence-electron chi connectivity index (χ1n) is 7.94. The molecule has 1 aliphatic heterocycles. The van der Waals surface area contributed by atoms with E-state index in [-0.39, 0.29) is 34.0 Å². The van der Waals surface area contributed by atoms with Gasteiger partial charge in [-0.3, -0.25) is 14.9 Å². The van der Waals surface area contributed by atoms with E-state index in [4.69, 9.17) is 0 Å². The molecular formula is C15H15FN4O5S2. The Hall–Kier alpha value is -2.44. The van der Waals surface area contributed by atoms with E-state index in [1.54, 1.807) is 0 Å². The Bertz CT molecular complexity index is 953. The van der Waals surface area contributed by atoms with Gasteiger partial charge >= 0.3 is 5.00 Å². The molecule has 1 saturated heterocycles. The molecule has 0 saturated carbocycles. The van der Waals surface area contributed by atoms with Gasteiger partial charge in [-0.05, 0) is 48.4 Å².